The van der Waals surface area contributed by atoms with Crippen molar-refractivity contribution in [3.05, 3.63) is 21.9 Å². The maximum absolute atomic E-state index is 11.5. The molecule has 0 radical (unpaired) electrons. The molecule has 0 unspecified atom stereocenters. The van der Waals surface area contributed by atoms with Gasteiger partial charge in [-0.15, -0.1) is 22.7 Å². The number of carbonyl (C=O) groups excluding carboxylic acids is 2. The second kappa shape index (κ2) is 5.99. The first-order chi connectivity index (χ1) is 10.1. The lowest BCUT2D eigenvalue weighted by Gasteiger charge is -2.12. The second-order valence-electron chi connectivity index (χ2n) is 7.51. The third-order valence-corrected chi connectivity index (χ3v) is 12.8. The molecular weight excluding hydrogens is 344 g/mol. The van der Waals surface area contributed by atoms with Crippen molar-refractivity contribution in [2.75, 3.05) is 0 Å². The van der Waals surface area contributed by atoms with Crippen LogP contribution in [0.2, 0.25) is 39.3 Å². The number of hydrogen-bond acceptors (Lipinski definition) is 4. The molecule has 2 heterocycles. The molecule has 0 fully saturated rings. The molecule has 2 nitrogen and oxygen atoms in total. The Hall–Kier alpha value is -0.826. The van der Waals surface area contributed by atoms with Gasteiger partial charge in [0.15, 0.2) is 12.6 Å². The lowest BCUT2D eigenvalue weighted by molar-refractivity contribution is 0.111. The first-order valence-corrected chi connectivity index (χ1v) is 15.9. The number of carbonyl (C=O) groups is 2. The normalized spacial score (nSPS) is 12.5. The van der Waals surface area contributed by atoms with Crippen LogP contribution in [0.4, 0.5) is 0 Å². The van der Waals surface area contributed by atoms with Crippen LogP contribution in [0, 0.1) is 0 Å². The quantitative estimate of drug-likeness (QED) is 0.587. The summed E-state index contributed by atoms with van der Waals surface area (Å²) >= 11 is 3.18. The highest BCUT2D eigenvalue weighted by molar-refractivity contribution is 7.29. The van der Waals surface area contributed by atoms with Crippen LogP contribution in [0.3, 0.4) is 0 Å². The van der Waals surface area contributed by atoms with E-state index in [1.807, 2.05) is 0 Å². The van der Waals surface area contributed by atoms with Crippen LogP contribution < -0.4 is 9.00 Å². The van der Waals surface area contributed by atoms with Gasteiger partial charge in [0.2, 0.25) is 0 Å². The minimum atomic E-state index is -1.47. The van der Waals surface area contributed by atoms with Gasteiger partial charge < -0.3 is 0 Å². The molecule has 0 aromatic carbocycles. The van der Waals surface area contributed by atoms with Gasteiger partial charge in [-0.05, 0) is 21.1 Å². The molecule has 0 amide bonds. The summed E-state index contributed by atoms with van der Waals surface area (Å²) in [5.41, 5.74) is 1.89. The summed E-state index contributed by atoms with van der Waals surface area (Å²) in [5.74, 6) is 0. The van der Waals surface area contributed by atoms with Gasteiger partial charge in [0, 0.05) is 11.1 Å². The minimum absolute atomic E-state index is 0.750. The lowest BCUT2D eigenvalue weighted by Crippen LogP contribution is -2.35. The molecule has 0 N–H and O–H groups in total. The topological polar surface area (TPSA) is 34.1 Å². The number of aldehydes is 2. The van der Waals surface area contributed by atoms with E-state index in [-0.39, 0.29) is 0 Å². The Morgan fingerprint density at radius 1 is 0.727 bits per heavy atom. The van der Waals surface area contributed by atoms with E-state index >= 15 is 0 Å². The van der Waals surface area contributed by atoms with E-state index in [0.29, 0.717) is 0 Å². The molecule has 2 aromatic rings. The SMILES string of the molecule is C[Si](C)(C)c1cc(-c2cc([Si](C)(C)C)sc2C=O)c(C=O)s1. The Balaban J connectivity index is 2.66. The third-order valence-electron chi connectivity index (χ3n) is 3.50. The van der Waals surface area contributed by atoms with Crippen LogP contribution >= 0.6 is 22.7 Å². The average molecular weight is 367 g/mol. The van der Waals surface area contributed by atoms with Crippen molar-refractivity contribution in [2.45, 2.75) is 39.3 Å². The Morgan fingerprint density at radius 3 is 1.27 bits per heavy atom. The van der Waals surface area contributed by atoms with Crippen molar-refractivity contribution in [1.29, 1.82) is 0 Å². The summed E-state index contributed by atoms with van der Waals surface area (Å²) in [7, 11) is -2.93. The predicted molar refractivity (Wildman–Crippen MR) is 104 cm³/mol. The molecule has 0 bridgehead atoms. The largest absolute Gasteiger partial charge is 0.297 e. The molecular formula is C16H22O2S2Si2. The summed E-state index contributed by atoms with van der Waals surface area (Å²) in [4.78, 5) is 24.5. The molecule has 22 heavy (non-hydrogen) atoms. The van der Waals surface area contributed by atoms with E-state index in [1.54, 1.807) is 22.7 Å². The van der Waals surface area contributed by atoms with E-state index in [2.05, 4.69) is 51.4 Å². The van der Waals surface area contributed by atoms with Crippen LogP contribution in [0.1, 0.15) is 19.3 Å². The highest BCUT2D eigenvalue weighted by atomic mass is 32.1. The van der Waals surface area contributed by atoms with Gasteiger partial charge >= 0.3 is 0 Å². The highest BCUT2D eigenvalue weighted by Crippen LogP contribution is 2.32. The molecule has 0 saturated heterocycles. The maximum Gasteiger partial charge on any atom is 0.160 e. The van der Waals surface area contributed by atoms with Crippen molar-refractivity contribution in [2.24, 2.45) is 0 Å². The van der Waals surface area contributed by atoms with Crippen molar-refractivity contribution < 1.29 is 9.59 Å². The van der Waals surface area contributed by atoms with E-state index in [0.717, 1.165) is 33.5 Å². The first kappa shape index (κ1) is 17.5. The fourth-order valence-corrected chi connectivity index (χ4v) is 7.89. The van der Waals surface area contributed by atoms with Crippen LogP contribution in [0.5, 0.6) is 0 Å². The van der Waals surface area contributed by atoms with E-state index < -0.39 is 16.1 Å². The van der Waals surface area contributed by atoms with Crippen molar-refractivity contribution in [1.82, 2.24) is 0 Å². The van der Waals surface area contributed by atoms with Crippen LogP contribution in [-0.4, -0.2) is 28.7 Å². The van der Waals surface area contributed by atoms with Crippen molar-refractivity contribution in [3.8, 4) is 11.1 Å². The molecule has 0 aliphatic carbocycles. The Morgan fingerprint density at radius 2 is 1.05 bits per heavy atom. The van der Waals surface area contributed by atoms with Gasteiger partial charge in [-0.1, -0.05) is 39.3 Å². The molecule has 0 spiro atoms. The highest BCUT2D eigenvalue weighted by Gasteiger charge is 2.26. The summed E-state index contributed by atoms with van der Waals surface area (Å²) < 4.78 is 2.62. The monoisotopic (exact) mass is 366 g/mol. The van der Waals surface area contributed by atoms with E-state index in [1.165, 1.54) is 9.00 Å². The molecule has 0 aliphatic rings. The van der Waals surface area contributed by atoms with Gasteiger partial charge in [-0.2, -0.15) is 0 Å². The third kappa shape index (κ3) is 3.40. The summed E-state index contributed by atoms with van der Waals surface area (Å²) in [5, 5.41) is 0. The lowest BCUT2D eigenvalue weighted by atomic mass is 10.1. The fraction of sp³-hybridized carbons (Fsp3) is 0.375. The van der Waals surface area contributed by atoms with E-state index in [4.69, 9.17) is 0 Å². The minimum Gasteiger partial charge on any atom is -0.297 e. The van der Waals surface area contributed by atoms with Gasteiger partial charge in [-0.3, -0.25) is 9.59 Å². The molecule has 0 atom stereocenters. The Bertz CT molecular complexity index is 653. The van der Waals surface area contributed by atoms with E-state index in [9.17, 15) is 9.59 Å². The zero-order valence-corrected chi connectivity index (χ0v) is 17.6. The van der Waals surface area contributed by atoms with Gasteiger partial charge in [0.05, 0.1) is 25.9 Å². The van der Waals surface area contributed by atoms with Crippen LogP contribution in [0.15, 0.2) is 12.1 Å². The standard InChI is InChI=1S/C16H22O2S2Si2/c1-21(2,3)15-7-11(13(9-17)19-15)12-8-16(22(4,5)6)20-14(12)10-18/h7-10H,1-6H3. The number of rotatable bonds is 5. The van der Waals surface area contributed by atoms with Gasteiger partial charge in [-0.25, -0.2) is 0 Å². The molecule has 0 saturated carbocycles. The molecule has 2 aromatic heterocycles. The number of thiophene rings is 2. The second-order valence-corrected chi connectivity index (χ2v) is 20.5. The zero-order chi connectivity index (χ0) is 16.7. The summed E-state index contributed by atoms with van der Waals surface area (Å²) in [6.07, 6.45) is 1.87. The smallest absolute Gasteiger partial charge is 0.160 e. The first-order valence-electron chi connectivity index (χ1n) is 7.27. The predicted octanol–water partition coefficient (Wildman–Crippen LogP) is 4.19. The fourth-order valence-electron chi connectivity index (χ4n) is 2.15. The zero-order valence-electron chi connectivity index (χ0n) is 13.9. The van der Waals surface area contributed by atoms with Crippen molar-refractivity contribution >= 4 is 60.4 Å². The van der Waals surface area contributed by atoms with Crippen LogP contribution in [0.25, 0.3) is 11.1 Å². The molecule has 2 rings (SSSR count). The van der Waals surface area contributed by atoms with Gasteiger partial charge in [0.25, 0.3) is 0 Å². The molecule has 118 valence electrons. The van der Waals surface area contributed by atoms with Crippen LogP contribution in [-0.2, 0) is 0 Å². The maximum atomic E-state index is 11.5. The Kier molecular flexibility index (Phi) is 4.78. The summed E-state index contributed by atoms with van der Waals surface area (Å²) in [6, 6.07) is 4.29. The molecule has 6 heteroatoms. The molecule has 0 aliphatic heterocycles. The average Bonchev–Trinajstić information content (AvgIpc) is 3.00. The number of hydrogen-bond donors (Lipinski definition) is 0. The Labute approximate surface area is 142 Å². The van der Waals surface area contributed by atoms with Gasteiger partial charge in [0.1, 0.15) is 0 Å². The van der Waals surface area contributed by atoms with Crippen molar-refractivity contribution in [3.63, 3.8) is 0 Å². The summed E-state index contributed by atoms with van der Waals surface area (Å²) in [6.45, 7) is 13.7.